The molecule has 0 spiro atoms. The molecule has 0 aromatic heterocycles. The minimum Gasteiger partial charge on any atom is -0.497 e. The maximum Gasteiger partial charge on any atom is 0.119 e. The second-order valence-corrected chi connectivity index (χ2v) is 6.20. The van der Waals surface area contributed by atoms with Gasteiger partial charge in [-0.25, -0.2) is 0 Å². The van der Waals surface area contributed by atoms with E-state index in [-0.39, 0.29) is 6.04 Å². The van der Waals surface area contributed by atoms with Gasteiger partial charge in [-0.1, -0.05) is 57.0 Å². The fourth-order valence-corrected chi connectivity index (χ4v) is 3.44. The van der Waals surface area contributed by atoms with Crippen LogP contribution in [0.3, 0.4) is 0 Å². The highest BCUT2D eigenvalue weighted by Crippen LogP contribution is 2.32. The zero-order valence-electron chi connectivity index (χ0n) is 11.5. The maximum absolute atomic E-state index is 5.32. The van der Waals surface area contributed by atoms with E-state index in [0.29, 0.717) is 0 Å². The Hall–Kier alpha value is -0.840. The first-order valence-corrected chi connectivity index (χ1v) is 8.06. The zero-order chi connectivity index (χ0) is 14.5. The summed E-state index contributed by atoms with van der Waals surface area (Å²) < 4.78 is 7.47. The van der Waals surface area contributed by atoms with Gasteiger partial charge in [0.05, 0.1) is 13.2 Å². The molecule has 4 heteroatoms. The van der Waals surface area contributed by atoms with Gasteiger partial charge < -0.3 is 10.1 Å². The summed E-state index contributed by atoms with van der Waals surface area (Å²) in [5, 5.41) is 3.53. The van der Waals surface area contributed by atoms with Gasteiger partial charge in [0, 0.05) is 8.95 Å². The van der Waals surface area contributed by atoms with Crippen molar-refractivity contribution in [3.63, 3.8) is 0 Å². The summed E-state index contributed by atoms with van der Waals surface area (Å²) in [5.41, 5.74) is 2.40. The molecule has 1 atom stereocenters. The van der Waals surface area contributed by atoms with Crippen LogP contribution in [0, 0.1) is 0 Å². The molecule has 0 radical (unpaired) electrons. The van der Waals surface area contributed by atoms with Crippen molar-refractivity contribution in [2.45, 2.75) is 13.0 Å². The van der Waals surface area contributed by atoms with Crippen molar-refractivity contribution >= 4 is 31.9 Å². The molecule has 0 bridgehead atoms. The molecule has 2 aromatic rings. The van der Waals surface area contributed by atoms with Crippen LogP contribution in [0.4, 0.5) is 0 Å². The van der Waals surface area contributed by atoms with E-state index in [2.05, 4.69) is 74.4 Å². The van der Waals surface area contributed by atoms with E-state index in [1.165, 1.54) is 11.1 Å². The van der Waals surface area contributed by atoms with Crippen molar-refractivity contribution in [2.75, 3.05) is 13.7 Å². The van der Waals surface area contributed by atoms with Crippen LogP contribution in [0.1, 0.15) is 24.1 Å². The molecule has 20 heavy (non-hydrogen) atoms. The van der Waals surface area contributed by atoms with Gasteiger partial charge in [0.25, 0.3) is 0 Å². The Labute approximate surface area is 136 Å². The lowest BCUT2D eigenvalue weighted by molar-refractivity contribution is 0.413. The van der Waals surface area contributed by atoms with Crippen LogP contribution in [0.25, 0.3) is 0 Å². The normalized spacial score (nSPS) is 12.2. The molecule has 106 valence electrons. The topological polar surface area (TPSA) is 21.3 Å². The fourth-order valence-electron chi connectivity index (χ4n) is 2.17. The van der Waals surface area contributed by atoms with Crippen LogP contribution in [0.15, 0.2) is 51.4 Å². The summed E-state index contributed by atoms with van der Waals surface area (Å²) in [4.78, 5) is 0. The quantitative estimate of drug-likeness (QED) is 0.771. The van der Waals surface area contributed by atoms with Gasteiger partial charge in [0.2, 0.25) is 0 Å². The molecule has 0 heterocycles. The highest BCUT2D eigenvalue weighted by Gasteiger charge is 2.16. The van der Waals surface area contributed by atoms with E-state index < -0.39 is 0 Å². The van der Waals surface area contributed by atoms with Gasteiger partial charge in [-0.3, -0.25) is 0 Å². The molecule has 0 amide bonds. The van der Waals surface area contributed by atoms with Crippen molar-refractivity contribution in [1.29, 1.82) is 0 Å². The van der Waals surface area contributed by atoms with Gasteiger partial charge >= 0.3 is 0 Å². The largest absolute Gasteiger partial charge is 0.497 e. The first-order chi connectivity index (χ1) is 9.65. The van der Waals surface area contributed by atoms with E-state index in [0.717, 1.165) is 21.2 Å². The summed E-state index contributed by atoms with van der Waals surface area (Å²) >= 11 is 7.14. The monoisotopic (exact) mass is 397 g/mol. The summed E-state index contributed by atoms with van der Waals surface area (Å²) in [6.45, 7) is 3.00. The number of halogens is 2. The molecule has 1 N–H and O–H groups in total. The maximum atomic E-state index is 5.32. The second kappa shape index (κ2) is 7.25. The van der Waals surface area contributed by atoms with Crippen molar-refractivity contribution in [3.8, 4) is 5.75 Å². The molecular weight excluding hydrogens is 382 g/mol. The second-order valence-electron chi connectivity index (χ2n) is 4.43. The molecule has 0 aliphatic rings. The first-order valence-electron chi connectivity index (χ1n) is 6.48. The Kier molecular flexibility index (Phi) is 5.64. The Morgan fingerprint density at radius 3 is 2.60 bits per heavy atom. The van der Waals surface area contributed by atoms with Gasteiger partial charge in [0.15, 0.2) is 0 Å². The Morgan fingerprint density at radius 1 is 1.15 bits per heavy atom. The molecule has 1 unspecified atom stereocenters. The van der Waals surface area contributed by atoms with Crippen LogP contribution in [-0.4, -0.2) is 13.7 Å². The molecule has 0 fully saturated rings. The fraction of sp³-hybridized carbons (Fsp3) is 0.250. The third kappa shape index (κ3) is 3.62. The SMILES string of the molecule is CCNC(c1cccc(OC)c1)c1ccc(Br)cc1Br. The number of methoxy groups -OCH3 is 1. The predicted molar refractivity (Wildman–Crippen MR) is 90.4 cm³/mol. The minimum atomic E-state index is 0.137. The lowest BCUT2D eigenvalue weighted by Gasteiger charge is -2.21. The first kappa shape index (κ1) is 15.5. The summed E-state index contributed by atoms with van der Waals surface area (Å²) in [7, 11) is 1.69. The van der Waals surface area contributed by atoms with Crippen molar-refractivity contribution in [2.24, 2.45) is 0 Å². The van der Waals surface area contributed by atoms with Crippen molar-refractivity contribution in [3.05, 3.63) is 62.5 Å². The summed E-state index contributed by atoms with van der Waals surface area (Å²) in [5.74, 6) is 0.874. The number of nitrogens with one attached hydrogen (secondary N) is 1. The molecule has 2 rings (SSSR count). The number of benzene rings is 2. The average Bonchev–Trinajstić information content (AvgIpc) is 2.45. The standard InChI is InChI=1S/C16H17Br2NO/c1-3-19-16(11-5-4-6-13(9-11)20-2)14-8-7-12(17)10-15(14)18/h4-10,16,19H,3H2,1-2H3. The third-order valence-corrected chi connectivity index (χ3v) is 4.29. The van der Waals surface area contributed by atoms with Crippen molar-refractivity contribution < 1.29 is 4.74 Å². The molecule has 2 aromatic carbocycles. The van der Waals surface area contributed by atoms with Crippen LogP contribution in [0.2, 0.25) is 0 Å². The van der Waals surface area contributed by atoms with Gasteiger partial charge in [-0.2, -0.15) is 0 Å². The number of hydrogen-bond donors (Lipinski definition) is 1. The lowest BCUT2D eigenvalue weighted by atomic mass is 9.98. The van der Waals surface area contributed by atoms with E-state index in [4.69, 9.17) is 4.74 Å². The Morgan fingerprint density at radius 2 is 1.95 bits per heavy atom. The van der Waals surface area contributed by atoms with Gasteiger partial charge in [-0.05, 0) is 41.9 Å². The van der Waals surface area contributed by atoms with E-state index in [1.807, 2.05) is 12.1 Å². The van der Waals surface area contributed by atoms with Crippen LogP contribution < -0.4 is 10.1 Å². The highest BCUT2D eigenvalue weighted by atomic mass is 79.9. The minimum absolute atomic E-state index is 0.137. The third-order valence-electron chi connectivity index (χ3n) is 3.11. The van der Waals surface area contributed by atoms with Crippen LogP contribution >= 0.6 is 31.9 Å². The molecule has 2 nitrogen and oxygen atoms in total. The van der Waals surface area contributed by atoms with Gasteiger partial charge in [-0.15, -0.1) is 0 Å². The summed E-state index contributed by atoms with van der Waals surface area (Å²) in [6.07, 6.45) is 0. The van der Waals surface area contributed by atoms with Crippen LogP contribution in [-0.2, 0) is 0 Å². The Bertz CT molecular complexity index is 586. The van der Waals surface area contributed by atoms with Crippen LogP contribution in [0.5, 0.6) is 5.75 Å². The smallest absolute Gasteiger partial charge is 0.119 e. The molecule has 0 aliphatic heterocycles. The molecular formula is C16H17Br2NO. The zero-order valence-corrected chi connectivity index (χ0v) is 14.7. The van der Waals surface area contributed by atoms with Gasteiger partial charge in [0.1, 0.15) is 5.75 Å². The van der Waals surface area contributed by atoms with E-state index in [1.54, 1.807) is 7.11 Å². The number of rotatable bonds is 5. The highest BCUT2D eigenvalue weighted by molar-refractivity contribution is 9.11. The van der Waals surface area contributed by atoms with Crippen molar-refractivity contribution in [1.82, 2.24) is 5.32 Å². The number of ether oxygens (including phenoxy) is 1. The predicted octanol–water partition coefficient (Wildman–Crippen LogP) is 4.92. The average molecular weight is 399 g/mol. The lowest BCUT2D eigenvalue weighted by Crippen LogP contribution is -2.22. The molecule has 0 saturated heterocycles. The molecule has 0 aliphatic carbocycles. The van der Waals surface area contributed by atoms with E-state index in [9.17, 15) is 0 Å². The van der Waals surface area contributed by atoms with E-state index >= 15 is 0 Å². The summed E-state index contributed by atoms with van der Waals surface area (Å²) in [6, 6.07) is 14.6. The Balaban J connectivity index is 2.44. The number of hydrogen-bond acceptors (Lipinski definition) is 2. The molecule has 0 saturated carbocycles.